The lowest BCUT2D eigenvalue weighted by molar-refractivity contribution is 1.10. The molecule has 1 aromatic heterocycles. The molecule has 0 radical (unpaired) electrons. The molecule has 0 atom stereocenters. The molecular formula is C12H13ClN4. The molecule has 0 bridgehead atoms. The molecule has 2 rings (SSSR count). The third kappa shape index (κ3) is 3.07. The van der Waals surface area contributed by atoms with Gasteiger partial charge in [0.25, 0.3) is 0 Å². The summed E-state index contributed by atoms with van der Waals surface area (Å²) in [4.78, 5) is 8.53. The van der Waals surface area contributed by atoms with Gasteiger partial charge < -0.3 is 10.6 Å². The third-order valence-electron chi connectivity index (χ3n) is 2.19. The number of hydrogen-bond acceptors (Lipinski definition) is 4. The number of aryl methyl sites for hydroxylation is 1. The van der Waals surface area contributed by atoms with Crippen LogP contribution >= 0.6 is 11.6 Å². The minimum absolute atomic E-state index is 0.599. The molecule has 0 aliphatic carbocycles. The average Bonchev–Trinajstić information content (AvgIpc) is 2.31. The SMILES string of the molecule is CNc1nc(C)cc(Nc2ccc(Cl)cc2)n1. The van der Waals surface area contributed by atoms with E-state index in [9.17, 15) is 0 Å². The molecule has 17 heavy (non-hydrogen) atoms. The lowest BCUT2D eigenvalue weighted by atomic mass is 10.3. The molecular weight excluding hydrogens is 236 g/mol. The number of nitrogens with zero attached hydrogens (tertiary/aromatic N) is 2. The van der Waals surface area contributed by atoms with Crippen LogP contribution in [0, 0.1) is 6.92 Å². The summed E-state index contributed by atoms with van der Waals surface area (Å²) < 4.78 is 0. The molecule has 2 aromatic rings. The van der Waals surface area contributed by atoms with Crippen molar-refractivity contribution in [3.05, 3.63) is 41.0 Å². The van der Waals surface area contributed by atoms with E-state index in [-0.39, 0.29) is 0 Å². The maximum Gasteiger partial charge on any atom is 0.224 e. The maximum absolute atomic E-state index is 5.82. The summed E-state index contributed by atoms with van der Waals surface area (Å²) in [5, 5.41) is 6.83. The minimum Gasteiger partial charge on any atom is -0.357 e. The summed E-state index contributed by atoms with van der Waals surface area (Å²) in [6.07, 6.45) is 0. The smallest absolute Gasteiger partial charge is 0.224 e. The standard InChI is InChI=1S/C12H13ClN4/c1-8-7-11(17-12(14-2)15-8)16-10-5-3-9(13)4-6-10/h3-7H,1-2H3,(H2,14,15,16,17). The first kappa shape index (κ1) is 11.7. The van der Waals surface area contributed by atoms with Gasteiger partial charge in [0, 0.05) is 29.5 Å². The molecule has 5 heteroatoms. The molecule has 0 amide bonds. The van der Waals surface area contributed by atoms with Gasteiger partial charge in [-0.15, -0.1) is 0 Å². The van der Waals surface area contributed by atoms with Crippen LogP contribution in [0.15, 0.2) is 30.3 Å². The van der Waals surface area contributed by atoms with Gasteiger partial charge in [-0.2, -0.15) is 4.98 Å². The highest BCUT2D eigenvalue weighted by Crippen LogP contribution is 2.18. The van der Waals surface area contributed by atoms with E-state index in [4.69, 9.17) is 11.6 Å². The Morgan fingerprint density at radius 1 is 1.12 bits per heavy atom. The van der Waals surface area contributed by atoms with E-state index in [1.54, 1.807) is 7.05 Å². The van der Waals surface area contributed by atoms with Crippen molar-refractivity contribution in [2.24, 2.45) is 0 Å². The molecule has 0 saturated heterocycles. The molecule has 2 N–H and O–H groups in total. The van der Waals surface area contributed by atoms with Gasteiger partial charge in [0.05, 0.1) is 0 Å². The van der Waals surface area contributed by atoms with Gasteiger partial charge >= 0.3 is 0 Å². The topological polar surface area (TPSA) is 49.8 Å². The largest absolute Gasteiger partial charge is 0.357 e. The Hall–Kier alpha value is -1.81. The van der Waals surface area contributed by atoms with Crippen LogP contribution in [0.1, 0.15) is 5.69 Å². The molecule has 0 aliphatic heterocycles. The van der Waals surface area contributed by atoms with Crippen molar-refractivity contribution in [2.75, 3.05) is 17.7 Å². The Labute approximate surface area is 105 Å². The number of nitrogens with one attached hydrogen (secondary N) is 2. The van der Waals surface area contributed by atoms with Gasteiger partial charge in [-0.25, -0.2) is 4.98 Å². The monoisotopic (exact) mass is 248 g/mol. The lowest BCUT2D eigenvalue weighted by Gasteiger charge is -2.08. The zero-order valence-electron chi connectivity index (χ0n) is 9.66. The van der Waals surface area contributed by atoms with Gasteiger partial charge in [-0.3, -0.25) is 0 Å². The highest BCUT2D eigenvalue weighted by atomic mass is 35.5. The Balaban J connectivity index is 2.23. The Morgan fingerprint density at radius 2 is 1.82 bits per heavy atom. The lowest BCUT2D eigenvalue weighted by Crippen LogP contribution is -2.01. The van der Waals surface area contributed by atoms with Crippen molar-refractivity contribution in [3.8, 4) is 0 Å². The molecule has 4 nitrogen and oxygen atoms in total. The zero-order valence-corrected chi connectivity index (χ0v) is 10.4. The molecule has 0 unspecified atom stereocenters. The van der Waals surface area contributed by atoms with Gasteiger partial charge in [0.2, 0.25) is 5.95 Å². The van der Waals surface area contributed by atoms with Crippen LogP contribution < -0.4 is 10.6 Å². The number of aromatic nitrogens is 2. The van der Waals surface area contributed by atoms with E-state index in [1.807, 2.05) is 37.3 Å². The van der Waals surface area contributed by atoms with Crippen molar-refractivity contribution < 1.29 is 0 Å². The van der Waals surface area contributed by atoms with Crippen molar-refractivity contribution in [2.45, 2.75) is 6.92 Å². The summed E-state index contributed by atoms with van der Waals surface area (Å²) in [6.45, 7) is 1.93. The second-order valence-corrected chi connectivity index (χ2v) is 4.04. The van der Waals surface area contributed by atoms with Crippen molar-refractivity contribution in [1.82, 2.24) is 9.97 Å². The van der Waals surface area contributed by atoms with Crippen molar-refractivity contribution in [3.63, 3.8) is 0 Å². The second-order valence-electron chi connectivity index (χ2n) is 3.60. The summed E-state index contributed by atoms with van der Waals surface area (Å²) in [5.41, 5.74) is 1.84. The molecule has 0 spiro atoms. The Morgan fingerprint density at radius 3 is 2.47 bits per heavy atom. The second kappa shape index (κ2) is 5.01. The highest BCUT2D eigenvalue weighted by Gasteiger charge is 2.01. The summed E-state index contributed by atoms with van der Waals surface area (Å²) in [5.74, 6) is 1.35. The maximum atomic E-state index is 5.82. The van der Waals surface area contributed by atoms with Crippen LogP contribution in [0.5, 0.6) is 0 Å². The van der Waals surface area contributed by atoms with Gasteiger partial charge in [-0.05, 0) is 31.2 Å². The van der Waals surface area contributed by atoms with E-state index < -0.39 is 0 Å². The predicted molar refractivity (Wildman–Crippen MR) is 71.1 cm³/mol. The number of rotatable bonds is 3. The van der Waals surface area contributed by atoms with Crippen molar-refractivity contribution in [1.29, 1.82) is 0 Å². The highest BCUT2D eigenvalue weighted by molar-refractivity contribution is 6.30. The molecule has 1 heterocycles. The molecule has 0 aliphatic rings. The van der Waals surface area contributed by atoms with Crippen LogP contribution in [0.3, 0.4) is 0 Å². The van der Waals surface area contributed by atoms with Crippen LogP contribution in [-0.4, -0.2) is 17.0 Å². The molecule has 1 aromatic carbocycles. The van der Waals surface area contributed by atoms with E-state index in [0.717, 1.165) is 17.2 Å². The van der Waals surface area contributed by atoms with E-state index in [0.29, 0.717) is 11.0 Å². The quantitative estimate of drug-likeness (QED) is 0.876. The summed E-state index contributed by atoms with van der Waals surface area (Å²) >= 11 is 5.82. The number of halogens is 1. The Bertz CT molecular complexity index is 510. The van der Waals surface area contributed by atoms with Crippen molar-refractivity contribution >= 4 is 29.1 Å². The zero-order chi connectivity index (χ0) is 12.3. The number of hydrogen-bond donors (Lipinski definition) is 2. The van der Waals surface area contributed by atoms with Gasteiger partial charge in [-0.1, -0.05) is 11.6 Å². The fourth-order valence-corrected chi connectivity index (χ4v) is 1.55. The fourth-order valence-electron chi connectivity index (χ4n) is 1.43. The number of benzene rings is 1. The van der Waals surface area contributed by atoms with E-state index >= 15 is 0 Å². The van der Waals surface area contributed by atoms with Crippen LogP contribution in [0.2, 0.25) is 5.02 Å². The summed E-state index contributed by atoms with van der Waals surface area (Å²) in [7, 11) is 1.79. The average molecular weight is 249 g/mol. The summed E-state index contributed by atoms with van der Waals surface area (Å²) in [6, 6.07) is 9.35. The fraction of sp³-hybridized carbons (Fsp3) is 0.167. The van der Waals surface area contributed by atoms with Gasteiger partial charge in [0.15, 0.2) is 0 Å². The number of anilines is 3. The Kier molecular flexibility index (Phi) is 3.44. The molecule has 88 valence electrons. The predicted octanol–water partition coefficient (Wildman–Crippen LogP) is 3.22. The van der Waals surface area contributed by atoms with E-state index in [1.165, 1.54) is 0 Å². The first-order chi connectivity index (χ1) is 8.17. The minimum atomic E-state index is 0.599. The normalized spacial score (nSPS) is 10.1. The third-order valence-corrected chi connectivity index (χ3v) is 2.45. The molecule has 0 saturated carbocycles. The van der Waals surface area contributed by atoms with E-state index in [2.05, 4.69) is 20.6 Å². The first-order valence-corrected chi connectivity index (χ1v) is 5.61. The molecule has 0 fully saturated rings. The van der Waals surface area contributed by atoms with Crippen LogP contribution in [0.4, 0.5) is 17.5 Å². The first-order valence-electron chi connectivity index (χ1n) is 5.23. The van der Waals surface area contributed by atoms with Gasteiger partial charge in [0.1, 0.15) is 5.82 Å². The van der Waals surface area contributed by atoms with Crippen LogP contribution in [-0.2, 0) is 0 Å². The van der Waals surface area contributed by atoms with Crippen LogP contribution in [0.25, 0.3) is 0 Å².